The van der Waals surface area contributed by atoms with Crippen molar-refractivity contribution in [2.75, 3.05) is 6.61 Å². The maximum Gasteiger partial charge on any atom is 0.320 e. The summed E-state index contributed by atoms with van der Waals surface area (Å²) in [6, 6.07) is 11.0. The number of hydrogen-bond acceptors (Lipinski definition) is 5. The second-order valence-corrected chi connectivity index (χ2v) is 5.61. The van der Waals surface area contributed by atoms with Crippen molar-refractivity contribution in [3.05, 3.63) is 59.5 Å². The number of rotatable bonds is 9. The van der Waals surface area contributed by atoms with Crippen LogP contribution in [0.5, 0.6) is 0 Å². The molecule has 0 amide bonds. The van der Waals surface area contributed by atoms with E-state index in [0.717, 1.165) is 11.3 Å². The normalized spacial score (nSPS) is 15.0. The van der Waals surface area contributed by atoms with Crippen LogP contribution in [0, 0.1) is 0 Å². The summed E-state index contributed by atoms with van der Waals surface area (Å²) >= 11 is 0. The molecule has 6 heteroatoms. The van der Waals surface area contributed by atoms with Crippen LogP contribution in [0.1, 0.15) is 42.6 Å². The van der Waals surface area contributed by atoms with Crippen LogP contribution in [0.4, 0.5) is 0 Å². The topological polar surface area (TPSA) is 103 Å². The SMILES string of the molecule is CCc1ccc([C@H](O)C[C@H](N[C@@H](CO)c2ccccc2)C(=O)O)o1. The lowest BCUT2D eigenvalue weighted by Crippen LogP contribution is -2.41. The standard InChI is InChI=1S/C18H23NO5/c1-2-13-8-9-17(24-13)16(21)10-14(18(22)23)19-15(11-20)12-6-4-3-5-7-12/h3-9,14-16,19-21H,2,10-11H2,1H3,(H,22,23)/t14-,15-,16+/m0/s1. The average molecular weight is 333 g/mol. The van der Waals surface area contributed by atoms with Crippen molar-refractivity contribution in [3.8, 4) is 0 Å². The van der Waals surface area contributed by atoms with Crippen molar-refractivity contribution >= 4 is 5.97 Å². The van der Waals surface area contributed by atoms with Gasteiger partial charge >= 0.3 is 5.97 Å². The lowest BCUT2D eigenvalue weighted by molar-refractivity contribution is -0.140. The van der Waals surface area contributed by atoms with Gasteiger partial charge in [-0.3, -0.25) is 10.1 Å². The number of nitrogens with one attached hydrogen (secondary N) is 1. The molecular weight excluding hydrogens is 310 g/mol. The maximum atomic E-state index is 11.5. The number of aliphatic hydroxyl groups excluding tert-OH is 2. The first-order valence-corrected chi connectivity index (χ1v) is 7.96. The van der Waals surface area contributed by atoms with Gasteiger partial charge in [0.1, 0.15) is 23.7 Å². The van der Waals surface area contributed by atoms with Gasteiger partial charge in [-0.25, -0.2) is 0 Å². The van der Waals surface area contributed by atoms with Crippen molar-refractivity contribution in [1.29, 1.82) is 0 Å². The summed E-state index contributed by atoms with van der Waals surface area (Å²) in [5, 5.41) is 32.1. The Morgan fingerprint density at radius 1 is 1.21 bits per heavy atom. The molecule has 2 rings (SSSR count). The number of aliphatic carboxylic acids is 1. The predicted molar refractivity (Wildman–Crippen MR) is 88.5 cm³/mol. The molecule has 4 N–H and O–H groups in total. The molecule has 130 valence electrons. The zero-order valence-corrected chi connectivity index (χ0v) is 13.6. The van der Waals surface area contributed by atoms with E-state index in [9.17, 15) is 20.1 Å². The second kappa shape index (κ2) is 8.63. The predicted octanol–water partition coefficient (Wildman–Crippen LogP) is 2.04. The van der Waals surface area contributed by atoms with Gasteiger partial charge in [0, 0.05) is 12.8 Å². The lowest BCUT2D eigenvalue weighted by Gasteiger charge is -2.23. The third kappa shape index (κ3) is 4.67. The molecule has 0 aliphatic rings. The van der Waals surface area contributed by atoms with Gasteiger partial charge in [-0.05, 0) is 17.7 Å². The molecule has 2 aromatic rings. The molecule has 0 spiro atoms. The van der Waals surface area contributed by atoms with Crippen LogP contribution in [-0.2, 0) is 11.2 Å². The molecule has 3 atom stereocenters. The van der Waals surface area contributed by atoms with Crippen molar-refractivity contribution < 1.29 is 24.5 Å². The third-order valence-electron chi connectivity index (χ3n) is 3.90. The van der Waals surface area contributed by atoms with Gasteiger partial charge in [-0.2, -0.15) is 0 Å². The molecule has 0 fully saturated rings. The van der Waals surface area contributed by atoms with Crippen molar-refractivity contribution in [2.24, 2.45) is 0 Å². The molecule has 1 heterocycles. The number of aryl methyl sites for hydroxylation is 1. The highest BCUT2D eigenvalue weighted by molar-refractivity contribution is 5.73. The number of carbonyl (C=O) groups is 1. The first-order chi connectivity index (χ1) is 11.5. The molecule has 24 heavy (non-hydrogen) atoms. The Morgan fingerprint density at radius 2 is 1.92 bits per heavy atom. The summed E-state index contributed by atoms with van der Waals surface area (Å²) in [4.78, 5) is 11.5. The van der Waals surface area contributed by atoms with Crippen LogP contribution in [0.3, 0.4) is 0 Å². The Hall–Kier alpha value is -2.15. The molecule has 0 bridgehead atoms. The van der Waals surface area contributed by atoms with Crippen LogP contribution in [0.15, 0.2) is 46.9 Å². The van der Waals surface area contributed by atoms with E-state index in [2.05, 4.69) is 5.32 Å². The number of benzene rings is 1. The Morgan fingerprint density at radius 3 is 2.46 bits per heavy atom. The molecule has 1 aromatic heterocycles. The fourth-order valence-electron chi connectivity index (χ4n) is 2.53. The number of carboxylic acid groups (broad SMARTS) is 1. The highest BCUT2D eigenvalue weighted by Crippen LogP contribution is 2.23. The molecule has 0 saturated heterocycles. The summed E-state index contributed by atoms with van der Waals surface area (Å²) in [6.45, 7) is 1.69. The van der Waals surface area contributed by atoms with E-state index >= 15 is 0 Å². The van der Waals surface area contributed by atoms with Crippen LogP contribution < -0.4 is 5.32 Å². The molecule has 0 aliphatic carbocycles. The van der Waals surface area contributed by atoms with Gasteiger partial charge in [0.25, 0.3) is 0 Å². The molecule has 0 radical (unpaired) electrons. The molecule has 0 saturated carbocycles. The lowest BCUT2D eigenvalue weighted by atomic mass is 10.0. The van der Waals surface area contributed by atoms with Crippen molar-refractivity contribution in [3.63, 3.8) is 0 Å². The first-order valence-electron chi connectivity index (χ1n) is 7.96. The average Bonchev–Trinajstić information content (AvgIpc) is 3.08. The summed E-state index contributed by atoms with van der Waals surface area (Å²) in [5.41, 5.74) is 0.784. The largest absolute Gasteiger partial charge is 0.480 e. The Kier molecular flexibility index (Phi) is 6.54. The van der Waals surface area contributed by atoms with E-state index in [4.69, 9.17) is 4.42 Å². The van der Waals surface area contributed by atoms with Gasteiger partial charge < -0.3 is 19.7 Å². The van der Waals surface area contributed by atoms with Crippen LogP contribution in [-0.4, -0.2) is 33.9 Å². The summed E-state index contributed by atoms with van der Waals surface area (Å²) in [5.74, 6) is -0.00716. The van der Waals surface area contributed by atoms with E-state index in [1.807, 2.05) is 37.3 Å². The van der Waals surface area contributed by atoms with E-state index in [1.54, 1.807) is 12.1 Å². The minimum atomic E-state index is -1.09. The quantitative estimate of drug-likeness (QED) is 0.560. The monoisotopic (exact) mass is 333 g/mol. The minimum absolute atomic E-state index is 0.0602. The molecular formula is C18H23NO5. The number of aliphatic hydroxyl groups is 2. The zero-order valence-electron chi connectivity index (χ0n) is 13.6. The highest BCUT2D eigenvalue weighted by atomic mass is 16.4. The van der Waals surface area contributed by atoms with Gasteiger partial charge in [0.2, 0.25) is 0 Å². The molecule has 6 nitrogen and oxygen atoms in total. The van der Waals surface area contributed by atoms with Crippen LogP contribution >= 0.6 is 0 Å². The Bertz CT molecular complexity index is 640. The summed E-state index contributed by atoms with van der Waals surface area (Å²) < 4.78 is 5.47. The Balaban J connectivity index is 2.07. The second-order valence-electron chi connectivity index (χ2n) is 5.61. The minimum Gasteiger partial charge on any atom is -0.480 e. The van der Waals surface area contributed by atoms with Gasteiger partial charge in [-0.1, -0.05) is 37.3 Å². The van der Waals surface area contributed by atoms with E-state index < -0.39 is 24.2 Å². The van der Waals surface area contributed by atoms with Crippen LogP contribution in [0.25, 0.3) is 0 Å². The number of carboxylic acids is 1. The first kappa shape index (κ1) is 18.2. The fourth-order valence-corrected chi connectivity index (χ4v) is 2.53. The smallest absolute Gasteiger partial charge is 0.320 e. The zero-order chi connectivity index (χ0) is 17.5. The molecule has 1 aromatic carbocycles. The fraction of sp³-hybridized carbons (Fsp3) is 0.389. The van der Waals surface area contributed by atoms with Gasteiger partial charge in [0.05, 0.1) is 12.6 Å². The van der Waals surface area contributed by atoms with Gasteiger partial charge in [-0.15, -0.1) is 0 Å². The number of furan rings is 1. The highest BCUT2D eigenvalue weighted by Gasteiger charge is 2.26. The van der Waals surface area contributed by atoms with Crippen molar-refractivity contribution in [1.82, 2.24) is 5.32 Å². The Labute approximate surface area is 140 Å². The van der Waals surface area contributed by atoms with E-state index in [0.29, 0.717) is 12.2 Å². The molecule has 0 aliphatic heterocycles. The maximum absolute atomic E-state index is 11.5. The summed E-state index contributed by atoms with van der Waals surface area (Å²) in [7, 11) is 0. The molecule has 0 unspecified atom stereocenters. The van der Waals surface area contributed by atoms with Crippen molar-refractivity contribution in [2.45, 2.75) is 38.0 Å². The van der Waals surface area contributed by atoms with E-state index in [1.165, 1.54) is 0 Å². The third-order valence-corrected chi connectivity index (χ3v) is 3.90. The summed E-state index contributed by atoms with van der Waals surface area (Å²) in [6.07, 6.45) is -0.391. The van der Waals surface area contributed by atoms with E-state index in [-0.39, 0.29) is 13.0 Å². The van der Waals surface area contributed by atoms with Gasteiger partial charge in [0.15, 0.2) is 0 Å². The van der Waals surface area contributed by atoms with Crippen LogP contribution in [0.2, 0.25) is 0 Å². The number of hydrogen-bond donors (Lipinski definition) is 4.